The zero-order valence-electron chi connectivity index (χ0n) is 12.8. The molecule has 1 saturated carbocycles. The fourth-order valence-corrected chi connectivity index (χ4v) is 4.72. The van der Waals surface area contributed by atoms with Crippen LogP contribution >= 0.6 is 11.3 Å². The van der Waals surface area contributed by atoms with Gasteiger partial charge in [0.2, 0.25) is 5.91 Å². The molecule has 21 heavy (non-hydrogen) atoms. The van der Waals surface area contributed by atoms with Crippen molar-refractivity contribution >= 4 is 17.2 Å². The number of likely N-dealkylation sites (N-methyl/N-ethyl adjacent to an activating group) is 1. The number of nitrogens with zero attached hydrogens (tertiary/aromatic N) is 2. The maximum absolute atomic E-state index is 12.9. The van der Waals surface area contributed by atoms with E-state index in [-0.39, 0.29) is 11.7 Å². The quantitative estimate of drug-likeness (QED) is 0.909. The minimum atomic E-state index is -0.224. The summed E-state index contributed by atoms with van der Waals surface area (Å²) in [5.41, 5.74) is -0.224. The highest BCUT2D eigenvalue weighted by atomic mass is 32.1. The molecule has 4 nitrogen and oxygen atoms in total. The van der Waals surface area contributed by atoms with Crippen molar-refractivity contribution in [2.45, 2.75) is 50.4 Å². The number of hydrogen-bond acceptors (Lipinski definition) is 4. The van der Waals surface area contributed by atoms with Crippen LogP contribution in [0.2, 0.25) is 0 Å². The first-order valence-corrected chi connectivity index (χ1v) is 8.76. The molecule has 4 rings (SSSR count). The standard InChI is InChI=1S/C16H23N3OS/c1-11-5-6-13(21-11)14-17-16(7-8-16)15(20)19(14)12-4-3-9-18(2)10-12/h5-6,12,14,17H,3-4,7-10H2,1-2H3. The first-order valence-electron chi connectivity index (χ1n) is 7.94. The third-order valence-electron chi connectivity index (χ3n) is 5.11. The normalized spacial score (nSPS) is 32.1. The lowest BCUT2D eigenvalue weighted by atomic mass is 10.0. The number of amides is 1. The molecule has 2 aliphatic heterocycles. The maximum Gasteiger partial charge on any atom is 0.244 e. The van der Waals surface area contributed by atoms with Crippen LogP contribution in [-0.4, -0.2) is 47.4 Å². The maximum atomic E-state index is 12.9. The minimum absolute atomic E-state index is 0.0928. The Balaban J connectivity index is 1.65. The Morgan fingerprint density at radius 1 is 1.38 bits per heavy atom. The molecule has 114 valence electrons. The van der Waals surface area contributed by atoms with Crippen LogP contribution in [0, 0.1) is 6.92 Å². The first kappa shape index (κ1) is 13.7. The highest BCUT2D eigenvalue weighted by Gasteiger charge is 2.60. The highest BCUT2D eigenvalue weighted by Crippen LogP contribution is 2.48. The number of likely N-dealkylation sites (tertiary alicyclic amines) is 1. The van der Waals surface area contributed by atoms with Crippen LogP contribution < -0.4 is 5.32 Å². The minimum Gasteiger partial charge on any atom is -0.316 e. The van der Waals surface area contributed by atoms with Crippen LogP contribution in [0.4, 0.5) is 0 Å². The number of hydrogen-bond donors (Lipinski definition) is 1. The van der Waals surface area contributed by atoms with E-state index in [0.29, 0.717) is 11.9 Å². The molecule has 1 amide bonds. The van der Waals surface area contributed by atoms with Gasteiger partial charge in [-0.3, -0.25) is 10.1 Å². The SMILES string of the molecule is Cc1ccc(C2NC3(CC3)C(=O)N2C2CCCN(C)C2)s1. The van der Waals surface area contributed by atoms with Crippen LogP contribution in [0.25, 0.3) is 0 Å². The van der Waals surface area contributed by atoms with Crippen LogP contribution in [0.15, 0.2) is 12.1 Å². The Labute approximate surface area is 130 Å². The fourth-order valence-electron chi connectivity index (χ4n) is 3.79. The highest BCUT2D eigenvalue weighted by molar-refractivity contribution is 7.12. The van der Waals surface area contributed by atoms with E-state index in [1.165, 1.54) is 16.2 Å². The van der Waals surface area contributed by atoms with E-state index in [9.17, 15) is 4.79 Å². The van der Waals surface area contributed by atoms with Gasteiger partial charge in [0.15, 0.2) is 0 Å². The average Bonchev–Trinajstić information content (AvgIpc) is 3.02. The Morgan fingerprint density at radius 3 is 2.81 bits per heavy atom. The van der Waals surface area contributed by atoms with Crippen LogP contribution in [0.3, 0.4) is 0 Å². The topological polar surface area (TPSA) is 35.6 Å². The summed E-state index contributed by atoms with van der Waals surface area (Å²) in [6, 6.07) is 4.71. The van der Waals surface area contributed by atoms with Crippen molar-refractivity contribution in [1.82, 2.24) is 15.1 Å². The van der Waals surface area contributed by atoms with Gasteiger partial charge in [0.25, 0.3) is 0 Å². The van der Waals surface area contributed by atoms with Gasteiger partial charge in [0.1, 0.15) is 11.7 Å². The smallest absolute Gasteiger partial charge is 0.244 e. The van der Waals surface area contributed by atoms with Crippen LogP contribution in [0.5, 0.6) is 0 Å². The first-order chi connectivity index (χ1) is 10.1. The van der Waals surface area contributed by atoms with Crippen molar-refractivity contribution in [3.63, 3.8) is 0 Å². The molecule has 0 radical (unpaired) electrons. The van der Waals surface area contributed by atoms with Crippen molar-refractivity contribution in [3.8, 4) is 0 Å². The van der Waals surface area contributed by atoms with Crippen molar-refractivity contribution in [2.75, 3.05) is 20.1 Å². The Bertz CT molecular complexity index is 566. The number of piperidine rings is 1. The third kappa shape index (κ3) is 2.22. The van der Waals surface area contributed by atoms with Crippen molar-refractivity contribution < 1.29 is 4.79 Å². The summed E-state index contributed by atoms with van der Waals surface area (Å²) in [6.07, 6.45) is 4.43. The summed E-state index contributed by atoms with van der Waals surface area (Å²) >= 11 is 1.81. The molecule has 2 unspecified atom stereocenters. The lowest BCUT2D eigenvalue weighted by molar-refractivity contribution is -0.134. The van der Waals surface area contributed by atoms with E-state index in [1.807, 2.05) is 11.3 Å². The van der Waals surface area contributed by atoms with Crippen LogP contribution in [-0.2, 0) is 4.79 Å². The van der Waals surface area contributed by atoms with Gasteiger partial charge in [0.05, 0.1) is 0 Å². The number of thiophene rings is 1. The second-order valence-electron chi connectivity index (χ2n) is 6.85. The zero-order valence-corrected chi connectivity index (χ0v) is 13.6. The summed E-state index contributed by atoms with van der Waals surface area (Å²) in [6.45, 7) is 4.29. The van der Waals surface area contributed by atoms with Gasteiger partial charge in [0, 0.05) is 22.3 Å². The molecule has 1 aliphatic carbocycles. The van der Waals surface area contributed by atoms with Gasteiger partial charge in [-0.05, 0) is 58.3 Å². The number of aryl methyl sites for hydroxylation is 1. The van der Waals surface area contributed by atoms with Gasteiger partial charge in [-0.1, -0.05) is 0 Å². The molecule has 0 aromatic carbocycles. The molecule has 1 spiro atoms. The van der Waals surface area contributed by atoms with Crippen molar-refractivity contribution in [1.29, 1.82) is 0 Å². The molecule has 1 N–H and O–H groups in total. The van der Waals surface area contributed by atoms with Gasteiger partial charge in [-0.25, -0.2) is 0 Å². The Morgan fingerprint density at radius 2 is 2.19 bits per heavy atom. The molecule has 5 heteroatoms. The average molecular weight is 305 g/mol. The van der Waals surface area contributed by atoms with E-state index in [4.69, 9.17) is 0 Å². The largest absolute Gasteiger partial charge is 0.316 e. The summed E-state index contributed by atoms with van der Waals surface area (Å²) in [7, 11) is 2.16. The van der Waals surface area contributed by atoms with E-state index < -0.39 is 0 Å². The fraction of sp³-hybridized carbons (Fsp3) is 0.688. The summed E-state index contributed by atoms with van der Waals surface area (Å²) in [5.74, 6) is 0.346. The lowest BCUT2D eigenvalue weighted by Crippen LogP contribution is -2.49. The molecule has 3 fully saturated rings. The molecule has 2 atom stereocenters. The number of nitrogens with one attached hydrogen (secondary N) is 1. The molecule has 1 aromatic heterocycles. The Hall–Kier alpha value is -0.910. The van der Waals surface area contributed by atoms with E-state index in [2.05, 4.69) is 41.2 Å². The second kappa shape index (κ2) is 4.80. The molecule has 3 heterocycles. The van der Waals surface area contributed by atoms with E-state index in [1.54, 1.807) is 0 Å². The summed E-state index contributed by atoms with van der Waals surface area (Å²) in [4.78, 5) is 20.1. The number of carbonyl (C=O) groups excluding carboxylic acids is 1. The third-order valence-corrected chi connectivity index (χ3v) is 6.16. The second-order valence-corrected chi connectivity index (χ2v) is 8.17. The molecule has 2 saturated heterocycles. The van der Waals surface area contributed by atoms with E-state index >= 15 is 0 Å². The van der Waals surface area contributed by atoms with Crippen molar-refractivity contribution in [3.05, 3.63) is 21.9 Å². The zero-order chi connectivity index (χ0) is 14.6. The van der Waals surface area contributed by atoms with Gasteiger partial charge < -0.3 is 9.80 Å². The summed E-state index contributed by atoms with van der Waals surface area (Å²) < 4.78 is 0. The summed E-state index contributed by atoms with van der Waals surface area (Å²) in [5, 5.41) is 3.65. The molecular formula is C16H23N3OS. The lowest BCUT2D eigenvalue weighted by Gasteiger charge is -2.38. The molecular weight excluding hydrogens is 282 g/mol. The molecule has 3 aliphatic rings. The Kier molecular flexibility index (Phi) is 3.14. The van der Waals surface area contributed by atoms with Gasteiger partial charge in [-0.15, -0.1) is 11.3 Å². The molecule has 0 bridgehead atoms. The predicted octanol–water partition coefficient (Wildman–Crippen LogP) is 2.11. The molecule has 1 aromatic rings. The monoisotopic (exact) mass is 305 g/mol. The number of carbonyl (C=O) groups is 1. The van der Waals surface area contributed by atoms with Crippen LogP contribution in [0.1, 0.15) is 41.6 Å². The van der Waals surface area contributed by atoms with Crippen molar-refractivity contribution in [2.24, 2.45) is 0 Å². The van der Waals surface area contributed by atoms with Gasteiger partial charge >= 0.3 is 0 Å². The van der Waals surface area contributed by atoms with E-state index in [0.717, 1.165) is 32.4 Å². The number of rotatable bonds is 2. The van der Waals surface area contributed by atoms with Gasteiger partial charge in [-0.2, -0.15) is 0 Å². The predicted molar refractivity (Wildman–Crippen MR) is 84.3 cm³/mol.